The van der Waals surface area contributed by atoms with Gasteiger partial charge < -0.3 is 24.8 Å². The molecule has 0 heterocycles. The van der Waals surface area contributed by atoms with Crippen LogP contribution in [0, 0.1) is 0 Å². The monoisotopic (exact) mass is 526 g/mol. The molecule has 0 amide bonds. The Bertz CT molecular complexity index is 1390. The molecular weight excluding hydrogens is 503 g/mol. The summed E-state index contributed by atoms with van der Waals surface area (Å²) in [7, 11) is 0. The van der Waals surface area contributed by atoms with Gasteiger partial charge in [0.15, 0.2) is 0 Å². The van der Waals surface area contributed by atoms with Gasteiger partial charge in [-0.25, -0.2) is 0 Å². The molecule has 6 rings (SSSR count). The molecule has 6 aromatic rings. The van der Waals surface area contributed by atoms with Crippen molar-refractivity contribution in [1.82, 2.24) is 0 Å². The van der Waals surface area contributed by atoms with Crippen molar-refractivity contribution in [3.05, 3.63) is 132 Å². The molecule has 0 N–H and O–H groups in total. The fraction of sp³-hybridized carbons (Fsp3) is 0.0625. The number of benzene rings is 4. The van der Waals surface area contributed by atoms with E-state index >= 15 is 0 Å². The van der Waals surface area contributed by atoms with E-state index < -0.39 is 0 Å². The van der Waals surface area contributed by atoms with E-state index in [0.29, 0.717) is 0 Å². The first-order chi connectivity index (χ1) is 15.9. The molecule has 0 aliphatic heterocycles. The second kappa shape index (κ2) is 11.9. The maximum atomic E-state index is 2.36. The Kier molecular flexibility index (Phi) is 9.17. The minimum Gasteiger partial charge on any atom is -1.00 e. The molecule has 0 fully saturated rings. The Morgan fingerprint density at radius 2 is 0.771 bits per heavy atom. The fourth-order valence-corrected chi connectivity index (χ4v) is 5.11. The third kappa shape index (κ3) is 5.18. The second-order valence-corrected chi connectivity index (χ2v) is 8.48. The first kappa shape index (κ1) is 27.0. The van der Waals surface area contributed by atoms with Crippen LogP contribution in [0.5, 0.6) is 0 Å². The summed E-state index contributed by atoms with van der Waals surface area (Å²) in [5.41, 5.74) is 8.24. The van der Waals surface area contributed by atoms with Crippen LogP contribution in [0.3, 0.4) is 0 Å². The molecule has 0 aliphatic carbocycles. The van der Waals surface area contributed by atoms with Gasteiger partial charge >= 0.3 is 21.7 Å². The average Bonchev–Trinajstić information content (AvgIpc) is 3.42. The molecule has 6 aromatic carbocycles. The van der Waals surface area contributed by atoms with Crippen LogP contribution in [0.4, 0.5) is 0 Å². The molecule has 35 heavy (non-hydrogen) atoms. The van der Waals surface area contributed by atoms with Crippen molar-refractivity contribution in [2.75, 3.05) is 0 Å². The first-order valence-electron chi connectivity index (χ1n) is 11.3. The maximum absolute atomic E-state index is 2.36. The van der Waals surface area contributed by atoms with Crippen molar-refractivity contribution in [2.45, 2.75) is 12.8 Å². The quantitative estimate of drug-likeness (QED) is 0.239. The molecule has 0 radical (unpaired) electrons. The molecule has 0 unspecified atom stereocenters. The Morgan fingerprint density at radius 1 is 0.429 bits per heavy atom. The summed E-state index contributed by atoms with van der Waals surface area (Å²) >= 11 is 0. The Morgan fingerprint density at radius 3 is 1.17 bits per heavy atom. The van der Waals surface area contributed by atoms with Crippen LogP contribution in [0.25, 0.3) is 43.8 Å². The molecule has 3 heteroatoms. The molecule has 0 nitrogen and oxygen atoms in total. The fourth-order valence-electron chi connectivity index (χ4n) is 5.11. The van der Waals surface area contributed by atoms with E-state index in [1.807, 2.05) is 0 Å². The maximum Gasteiger partial charge on any atom is 4.00 e. The number of halogens is 2. The molecule has 0 bridgehead atoms. The van der Waals surface area contributed by atoms with Gasteiger partial charge in [-0.1, -0.05) is 121 Å². The van der Waals surface area contributed by atoms with Gasteiger partial charge in [-0.05, 0) is 0 Å². The summed E-state index contributed by atoms with van der Waals surface area (Å²) in [5, 5.41) is 5.42. The molecule has 0 aromatic heterocycles. The molecule has 170 valence electrons. The summed E-state index contributed by atoms with van der Waals surface area (Å²) in [6.45, 7) is 0. The summed E-state index contributed by atoms with van der Waals surface area (Å²) in [6.07, 6.45) is 2.04. The summed E-state index contributed by atoms with van der Waals surface area (Å²) in [4.78, 5) is 0. The van der Waals surface area contributed by atoms with E-state index in [-0.39, 0.29) is 46.5 Å². The predicted molar refractivity (Wildman–Crippen MR) is 137 cm³/mol. The second-order valence-electron chi connectivity index (χ2n) is 8.48. The van der Waals surface area contributed by atoms with E-state index in [4.69, 9.17) is 0 Å². The summed E-state index contributed by atoms with van der Waals surface area (Å²) in [6, 6.07) is 44.0. The molecular formula is C32H24Cl2Ti. The van der Waals surface area contributed by atoms with E-state index in [2.05, 4.69) is 121 Å². The molecule has 0 saturated carbocycles. The van der Waals surface area contributed by atoms with Gasteiger partial charge in [0.25, 0.3) is 0 Å². The van der Waals surface area contributed by atoms with Crippen molar-refractivity contribution in [3.8, 4) is 22.3 Å². The first-order valence-corrected chi connectivity index (χ1v) is 11.3. The average molecular weight is 527 g/mol. The Labute approximate surface area is 234 Å². The van der Waals surface area contributed by atoms with Crippen molar-refractivity contribution in [1.29, 1.82) is 0 Å². The van der Waals surface area contributed by atoms with Crippen LogP contribution >= 0.6 is 0 Å². The summed E-state index contributed by atoms with van der Waals surface area (Å²) < 4.78 is 0. The van der Waals surface area contributed by atoms with Crippen LogP contribution in [-0.4, -0.2) is 0 Å². The third-order valence-corrected chi connectivity index (χ3v) is 6.62. The van der Waals surface area contributed by atoms with Crippen molar-refractivity contribution in [2.24, 2.45) is 0 Å². The number of aryl methyl sites for hydroxylation is 2. The van der Waals surface area contributed by atoms with Crippen molar-refractivity contribution in [3.63, 3.8) is 0 Å². The van der Waals surface area contributed by atoms with Gasteiger partial charge in [-0.3, -0.25) is 0 Å². The van der Waals surface area contributed by atoms with E-state index in [0.717, 1.165) is 12.8 Å². The standard InChI is InChI=1S/C32H24.2ClH.Ti/c1-3-11-23(12-4-1)31-21-25-15-7-9-17-27(25)29(31)19-20-30-28-18-10-8-16-26(28)22-32(30)24-13-5-2-6-14-24;;;/h1-18,21-22H,19-20H2;2*1H;/q-2;;;+4/p-2. The zero-order valence-corrected chi connectivity index (χ0v) is 22.3. The SMILES string of the molecule is [Cl-].[Cl-].[Ti+4].c1ccc(-c2[cH-]c3ccccc3c2CCc2c(-c3ccccc3)[cH-]c3ccccc23)cc1. The topological polar surface area (TPSA) is 0 Å². The van der Waals surface area contributed by atoms with Gasteiger partial charge in [-0.15, -0.1) is 68.1 Å². The number of hydrogen-bond donors (Lipinski definition) is 0. The Hall–Kier alpha value is -2.61. The molecule has 0 saturated heterocycles. The molecule has 0 aliphatic rings. The summed E-state index contributed by atoms with van der Waals surface area (Å²) in [5.74, 6) is 0. The number of rotatable bonds is 5. The van der Waals surface area contributed by atoms with Gasteiger partial charge in [0.05, 0.1) is 0 Å². The normalized spacial score (nSPS) is 10.4. The zero-order chi connectivity index (χ0) is 21.3. The zero-order valence-electron chi connectivity index (χ0n) is 19.2. The van der Waals surface area contributed by atoms with Crippen LogP contribution in [-0.2, 0) is 34.6 Å². The third-order valence-electron chi connectivity index (χ3n) is 6.62. The van der Waals surface area contributed by atoms with Crippen molar-refractivity contribution >= 4 is 21.5 Å². The van der Waals surface area contributed by atoms with Gasteiger partial charge in [0.2, 0.25) is 0 Å². The van der Waals surface area contributed by atoms with Crippen LogP contribution in [0.2, 0.25) is 0 Å². The smallest absolute Gasteiger partial charge is 1.00 e. The number of fused-ring (bicyclic) bond motifs is 2. The minimum atomic E-state index is 0. The number of hydrogen-bond acceptors (Lipinski definition) is 0. The van der Waals surface area contributed by atoms with Gasteiger partial charge in [0, 0.05) is 0 Å². The Balaban J connectivity index is 0.00000114. The largest absolute Gasteiger partial charge is 4.00 e. The van der Waals surface area contributed by atoms with Crippen LogP contribution in [0.15, 0.2) is 121 Å². The molecule has 0 spiro atoms. The minimum absolute atomic E-state index is 0. The predicted octanol–water partition coefficient (Wildman–Crippen LogP) is 2.56. The molecule has 0 atom stereocenters. The van der Waals surface area contributed by atoms with Crippen LogP contribution in [0.1, 0.15) is 11.1 Å². The van der Waals surface area contributed by atoms with Gasteiger partial charge in [-0.2, -0.15) is 0 Å². The van der Waals surface area contributed by atoms with E-state index in [9.17, 15) is 0 Å². The van der Waals surface area contributed by atoms with E-state index in [1.54, 1.807) is 0 Å². The van der Waals surface area contributed by atoms with E-state index in [1.165, 1.54) is 54.9 Å². The van der Waals surface area contributed by atoms with Crippen molar-refractivity contribution < 1.29 is 46.5 Å². The van der Waals surface area contributed by atoms with Crippen LogP contribution < -0.4 is 24.8 Å². The van der Waals surface area contributed by atoms with Gasteiger partial charge in [0.1, 0.15) is 0 Å².